The summed E-state index contributed by atoms with van der Waals surface area (Å²) in [6.07, 6.45) is 1.05. The van der Waals surface area contributed by atoms with Crippen LogP contribution in [-0.4, -0.2) is 26.3 Å². The van der Waals surface area contributed by atoms with E-state index in [0.29, 0.717) is 19.6 Å². The highest BCUT2D eigenvalue weighted by Crippen LogP contribution is 2.10. The van der Waals surface area contributed by atoms with Gasteiger partial charge in [0.05, 0.1) is 26.7 Å². The van der Waals surface area contributed by atoms with E-state index in [4.69, 9.17) is 10.5 Å². The van der Waals surface area contributed by atoms with Crippen LogP contribution >= 0.6 is 0 Å². The van der Waals surface area contributed by atoms with Crippen molar-refractivity contribution in [1.29, 1.82) is 0 Å². The number of para-hydroxylation sites is 1. The van der Waals surface area contributed by atoms with Gasteiger partial charge in [0, 0.05) is 5.69 Å². The molecule has 4 nitrogen and oxygen atoms in total. The number of nitrogen functional groups attached to an aromatic ring is 1. The highest BCUT2D eigenvalue weighted by Gasteiger charge is 2.00. The quantitative estimate of drug-likeness (QED) is 0.450. The van der Waals surface area contributed by atoms with Crippen LogP contribution in [0.5, 0.6) is 0 Å². The topological polar surface area (TPSA) is 61.5 Å². The van der Waals surface area contributed by atoms with Gasteiger partial charge in [-0.2, -0.15) is 0 Å². The van der Waals surface area contributed by atoms with Crippen molar-refractivity contribution in [2.75, 3.05) is 26.1 Å². The van der Waals surface area contributed by atoms with Crippen molar-refractivity contribution in [1.82, 2.24) is 0 Å². The predicted octanol–water partition coefficient (Wildman–Crippen LogP) is 1.39. The average Bonchev–Trinajstić information content (AvgIpc) is 2.30. The highest BCUT2D eigenvalue weighted by molar-refractivity contribution is 5.69. The summed E-state index contributed by atoms with van der Waals surface area (Å²) in [5.74, 6) is -0.251. The van der Waals surface area contributed by atoms with Crippen LogP contribution in [0.4, 0.5) is 5.69 Å². The van der Waals surface area contributed by atoms with Gasteiger partial charge >= 0.3 is 5.97 Å². The maximum atomic E-state index is 10.8. The second kappa shape index (κ2) is 6.85. The van der Waals surface area contributed by atoms with E-state index >= 15 is 0 Å². The lowest BCUT2D eigenvalue weighted by molar-refractivity contribution is -0.141. The van der Waals surface area contributed by atoms with Crippen LogP contribution in [0.25, 0.3) is 0 Å². The van der Waals surface area contributed by atoms with E-state index in [1.165, 1.54) is 7.11 Å². The molecule has 0 aliphatic rings. The molecule has 0 bridgehead atoms. The minimum absolute atomic E-state index is 0.251. The zero-order valence-corrected chi connectivity index (χ0v) is 9.44. The van der Waals surface area contributed by atoms with E-state index in [2.05, 4.69) is 4.74 Å². The lowest BCUT2D eigenvalue weighted by atomic mass is 10.1. The molecule has 0 aliphatic carbocycles. The number of hydrogen-bond acceptors (Lipinski definition) is 4. The molecule has 4 heteroatoms. The van der Waals surface area contributed by atoms with Crippen LogP contribution in [0.1, 0.15) is 12.0 Å². The van der Waals surface area contributed by atoms with Crippen LogP contribution in [0, 0.1) is 0 Å². The molecule has 88 valence electrons. The number of hydrogen-bond donors (Lipinski definition) is 1. The van der Waals surface area contributed by atoms with Gasteiger partial charge in [-0.1, -0.05) is 18.2 Å². The van der Waals surface area contributed by atoms with Gasteiger partial charge in [0.15, 0.2) is 0 Å². The molecule has 0 radical (unpaired) electrons. The van der Waals surface area contributed by atoms with Gasteiger partial charge in [-0.15, -0.1) is 0 Å². The fourth-order valence-corrected chi connectivity index (χ4v) is 1.30. The van der Waals surface area contributed by atoms with Crippen LogP contribution < -0.4 is 5.73 Å². The first-order valence-electron chi connectivity index (χ1n) is 5.22. The Morgan fingerprint density at radius 2 is 2.06 bits per heavy atom. The molecule has 0 atom stereocenters. The lowest BCUT2D eigenvalue weighted by Crippen LogP contribution is -2.08. The molecule has 0 spiro atoms. The maximum Gasteiger partial charge on any atom is 0.307 e. The zero-order chi connectivity index (χ0) is 11.8. The van der Waals surface area contributed by atoms with Crippen LogP contribution in [-0.2, 0) is 20.7 Å². The normalized spacial score (nSPS) is 10.1. The molecule has 0 aromatic heterocycles. The first-order chi connectivity index (χ1) is 7.74. The third-order valence-corrected chi connectivity index (χ3v) is 2.25. The van der Waals surface area contributed by atoms with Gasteiger partial charge in [0.1, 0.15) is 0 Å². The van der Waals surface area contributed by atoms with Crippen molar-refractivity contribution in [3.05, 3.63) is 29.8 Å². The predicted molar refractivity (Wildman–Crippen MR) is 62.0 cm³/mol. The molecule has 0 saturated carbocycles. The first kappa shape index (κ1) is 12.5. The number of ether oxygens (including phenoxy) is 2. The van der Waals surface area contributed by atoms with Gasteiger partial charge in [0.2, 0.25) is 0 Å². The van der Waals surface area contributed by atoms with E-state index in [0.717, 1.165) is 17.7 Å². The third-order valence-electron chi connectivity index (χ3n) is 2.25. The number of benzene rings is 1. The fourth-order valence-electron chi connectivity index (χ4n) is 1.30. The molecular weight excluding hydrogens is 206 g/mol. The van der Waals surface area contributed by atoms with Crippen molar-refractivity contribution in [3.63, 3.8) is 0 Å². The molecule has 0 unspecified atom stereocenters. The Kier molecular flexibility index (Phi) is 5.36. The van der Waals surface area contributed by atoms with E-state index in [9.17, 15) is 4.79 Å². The minimum Gasteiger partial charge on any atom is -0.469 e. The van der Waals surface area contributed by atoms with Crippen molar-refractivity contribution in [2.24, 2.45) is 0 Å². The first-order valence-corrected chi connectivity index (χ1v) is 5.22. The molecule has 16 heavy (non-hydrogen) atoms. The Balaban J connectivity index is 2.17. The van der Waals surface area contributed by atoms with Crippen molar-refractivity contribution < 1.29 is 14.3 Å². The van der Waals surface area contributed by atoms with Crippen molar-refractivity contribution in [3.8, 4) is 0 Å². The summed E-state index contributed by atoms with van der Waals surface area (Å²) in [5.41, 5.74) is 7.62. The van der Waals surface area contributed by atoms with Gasteiger partial charge in [-0.25, -0.2) is 0 Å². The molecule has 0 amide bonds. The van der Waals surface area contributed by atoms with Crippen LogP contribution in [0.2, 0.25) is 0 Å². The highest BCUT2D eigenvalue weighted by atomic mass is 16.5. The Morgan fingerprint density at radius 1 is 1.31 bits per heavy atom. The molecule has 2 N–H and O–H groups in total. The second-order valence-electron chi connectivity index (χ2n) is 3.39. The van der Waals surface area contributed by atoms with Crippen LogP contribution in [0.15, 0.2) is 24.3 Å². The summed E-state index contributed by atoms with van der Waals surface area (Å²) >= 11 is 0. The van der Waals surface area contributed by atoms with E-state index < -0.39 is 0 Å². The monoisotopic (exact) mass is 223 g/mol. The Labute approximate surface area is 95.3 Å². The molecule has 0 heterocycles. The lowest BCUT2D eigenvalue weighted by Gasteiger charge is -2.06. The number of carbonyl (C=O) groups excluding carboxylic acids is 1. The van der Waals surface area contributed by atoms with E-state index in [1.54, 1.807) is 0 Å². The van der Waals surface area contributed by atoms with Gasteiger partial charge in [0.25, 0.3) is 0 Å². The number of anilines is 1. The van der Waals surface area contributed by atoms with Crippen LogP contribution in [0.3, 0.4) is 0 Å². The minimum atomic E-state index is -0.251. The average molecular weight is 223 g/mol. The molecule has 0 saturated heterocycles. The molecule has 0 fully saturated rings. The van der Waals surface area contributed by atoms with Crippen molar-refractivity contribution >= 4 is 11.7 Å². The zero-order valence-electron chi connectivity index (χ0n) is 9.44. The van der Waals surface area contributed by atoms with Crippen molar-refractivity contribution in [2.45, 2.75) is 12.8 Å². The number of methoxy groups -OCH3 is 1. The van der Waals surface area contributed by atoms with E-state index in [-0.39, 0.29) is 5.97 Å². The largest absolute Gasteiger partial charge is 0.469 e. The molecule has 1 aromatic rings. The number of carbonyl (C=O) groups is 1. The molecule has 0 aliphatic heterocycles. The SMILES string of the molecule is COC(=O)CCOCCc1ccccc1N. The summed E-state index contributed by atoms with van der Waals surface area (Å²) in [6.45, 7) is 0.949. The summed E-state index contributed by atoms with van der Waals surface area (Å²) in [5, 5.41) is 0. The smallest absolute Gasteiger partial charge is 0.307 e. The Bertz CT molecular complexity index is 339. The number of esters is 1. The van der Waals surface area contributed by atoms with Gasteiger partial charge in [-0.05, 0) is 18.1 Å². The number of nitrogens with two attached hydrogens (primary N) is 1. The van der Waals surface area contributed by atoms with Gasteiger partial charge < -0.3 is 15.2 Å². The molecule has 1 aromatic carbocycles. The van der Waals surface area contributed by atoms with E-state index in [1.807, 2.05) is 24.3 Å². The summed E-state index contributed by atoms with van der Waals surface area (Å²) in [6, 6.07) is 7.68. The second-order valence-corrected chi connectivity index (χ2v) is 3.39. The number of rotatable bonds is 6. The molecular formula is C12H17NO3. The summed E-state index contributed by atoms with van der Waals surface area (Å²) < 4.78 is 9.80. The standard InChI is InChI=1S/C12H17NO3/c1-15-12(14)7-9-16-8-6-10-4-2-3-5-11(10)13/h2-5H,6-9,13H2,1H3. The Morgan fingerprint density at radius 3 is 2.75 bits per heavy atom. The third kappa shape index (κ3) is 4.31. The summed E-state index contributed by atoms with van der Waals surface area (Å²) in [7, 11) is 1.37. The van der Waals surface area contributed by atoms with Gasteiger partial charge in [-0.3, -0.25) is 4.79 Å². The molecule has 1 rings (SSSR count). The maximum absolute atomic E-state index is 10.8. The Hall–Kier alpha value is -1.55. The summed E-state index contributed by atoms with van der Waals surface area (Å²) in [4.78, 5) is 10.8. The fraction of sp³-hybridized carbons (Fsp3) is 0.417.